The molecule has 0 amide bonds. The van der Waals surface area contributed by atoms with Crippen LogP contribution >= 0.6 is 0 Å². The number of rotatable bonds is 6. The molecular formula is C17H25NO3. The number of nitrogens with one attached hydrogen (secondary N) is 1. The smallest absolute Gasteiger partial charge is 0.306 e. The van der Waals surface area contributed by atoms with Crippen LogP contribution in [0.5, 0.6) is 5.75 Å². The second-order valence-electron chi connectivity index (χ2n) is 5.97. The van der Waals surface area contributed by atoms with Crippen LogP contribution in [-0.4, -0.2) is 30.3 Å². The Morgan fingerprint density at radius 2 is 2.00 bits per heavy atom. The third kappa shape index (κ3) is 4.46. The lowest BCUT2D eigenvalue weighted by molar-refractivity contribution is -0.142. The molecule has 1 saturated carbocycles. The first-order chi connectivity index (χ1) is 10.1. The van der Waals surface area contributed by atoms with E-state index in [0.29, 0.717) is 12.1 Å². The van der Waals surface area contributed by atoms with Crippen LogP contribution in [0.25, 0.3) is 0 Å². The highest BCUT2D eigenvalue weighted by atomic mass is 16.5. The molecule has 1 aromatic carbocycles. The number of carboxylic acid groups (broad SMARTS) is 1. The average molecular weight is 291 g/mol. The lowest BCUT2D eigenvalue weighted by Crippen LogP contribution is -2.40. The number of methoxy groups -OCH3 is 1. The maximum atomic E-state index is 11.0. The minimum atomic E-state index is -0.643. The number of hydrogen-bond donors (Lipinski definition) is 2. The number of benzene rings is 1. The Bertz CT molecular complexity index is 467. The molecule has 1 fully saturated rings. The van der Waals surface area contributed by atoms with E-state index in [2.05, 4.69) is 18.3 Å². The molecular weight excluding hydrogens is 266 g/mol. The van der Waals surface area contributed by atoms with Gasteiger partial charge in [0.1, 0.15) is 5.75 Å². The normalized spacial score (nSPS) is 23.5. The molecule has 0 spiro atoms. The van der Waals surface area contributed by atoms with Crippen molar-refractivity contribution in [2.75, 3.05) is 7.11 Å². The number of carboxylic acids is 1. The predicted molar refractivity (Wildman–Crippen MR) is 82.7 cm³/mol. The summed E-state index contributed by atoms with van der Waals surface area (Å²) in [7, 11) is 1.70. The highest BCUT2D eigenvalue weighted by molar-refractivity contribution is 5.70. The highest BCUT2D eigenvalue weighted by Crippen LogP contribution is 2.25. The van der Waals surface area contributed by atoms with Gasteiger partial charge >= 0.3 is 5.97 Å². The van der Waals surface area contributed by atoms with E-state index in [1.54, 1.807) is 7.11 Å². The third-order valence-electron chi connectivity index (χ3n) is 4.32. The van der Waals surface area contributed by atoms with E-state index in [1.807, 2.05) is 18.2 Å². The average Bonchev–Trinajstić information content (AvgIpc) is 2.48. The summed E-state index contributed by atoms with van der Waals surface area (Å²) in [6.45, 7) is 2.18. The van der Waals surface area contributed by atoms with Crippen LogP contribution in [0.1, 0.15) is 38.2 Å². The van der Waals surface area contributed by atoms with Gasteiger partial charge in [-0.2, -0.15) is 0 Å². The Hall–Kier alpha value is -1.55. The molecule has 1 aromatic rings. The molecule has 1 aliphatic rings. The van der Waals surface area contributed by atoms with Crippen molar-refractivity contribution in [3.63, 3.8) is 0 Å². The van der Waals surface area contributed by atoms with Crippen molar-refractivity contribution in [2.24, 2.45) is 5.92 Å². The molecule has 0 aliphatic heterocycles. The number of ether oxygens (including phenoxy) is 1. The zero-order valence-electron chi connectivity index (χ0n) is 12.8. The summed E-state index contributed by atoms with van der Waals surface area (Å²) in [5.74, 6) is 0.142. The minimum absolute atomic E-state index is 0.146. The molecule has 1 aliphatic carbocycles. The van der Waals surface area contributed by atoms with Crippen molar-refractivity contribution in [1.29, 1.82) is 0 Å². The number of aliphatic carboxylic acids is 1. The Morgan fingerprint density at radius 3 is 2.62 bits per heavy atom. The van der Waals surface area contributed by atoms with Crippen molar-refractivity contribution in [2.45, 2.75) is 51.1 Å². The second-order valence-corrected chi connectivity index (χ2v) is 5.97. The van der Waals surface area contributed by atoms with Crippen LogP contribution in [0.15, 0.2) is 24.3 Å². The molecule has 4 nitrogen and oxygen atoms in total. The molecule has 0 radical (unpaired) electrons. The second kappa shape index (κ2) is 7.46. The number of hydrogen-bond acceptors (Lipinski definition) is 3. The summed E-state index contributed by atoms with van der Waals surface area (Å²) in [5, 5.41) is 12.7. The quantitative estimate of drug-likeness (QED) is 0.846. The van der Waals surface area contributed by atoms with Gasteiger partial charge in [-0.15, -0.1) is 0 Å². The first-order valence-corrected chi connectivity index (χ1v) is 7.71. The lowest BCUT2D eigenvalue weighted by Gasteiger charge is -2.29. The Morgan fingerprint density at radius 1 is 1.33 bits per heavy atom. The Balaban J connectivity index is 1.82. The maximum Gasteiger partial charge on any atom is 0.306 e. The van der Waals surface area contributed by atoms with Crippen LogP contribution in [0.4, 0.5) is 0 Å². The van der Waals surface area contributed by atoms with Gasteiger partial charge < -0.3 is 15.2 Å². The summed E-state index contributed by atoms with van der Waals surface area (Å²) in [4.78, 5) is 11.0. The summed E-state index contributed by atoms with van der Waals surface area (Å²) < 4.78 is 5.38. The Kier molecular flexibility index (Phi) is 5.62. The molecule has 2 rings (SSSR count). The molecule has 0 saturated heterocycles. The molecule has 2 N–H and O–H groups in total. The topological polar surface area (TPSA) is 58.6 Å². The van der Waals surface area contributed by atoms with Gasteiger partial charge in [0.15, 0.2) is 0 Å². The Labute approximate surface area is 126 Å². The first-order valence-electron chi connectivity index (χ1n) is 7.71. The molecule has 1 unspecified atom stereocenters. The molecule has 0 aromatic heterocycles. The van der Waals surface area contributed by atoms with E-state index in [-0.39, 0.29) is 5.92 Å². The van der Waals surface area contributed by atoms with E-state index < -0.39 is 5.97 Å². The van der Waals surface area contributed by atoms with Crippen molar-refractivity contribution in [1.82, 2.24) is 5.32 Å². The maximum absolute atomic E-state index is 11.0. The standard InChI is InChI=1S/C17H25NO3/c1-12(11-14-5-3-4-6-16(14)21-2)18-15-9-7-13(8-10-15)17(19)20/h3-6,12-13,15,18H,7-11H2,1-2H3,(H,19,20). The van der Waals surface area contributed by atoms with Gasteiger partial charge in [-0.3, -0.25) is 4.79 Å². The monoisotopic (exact) mass is 291 g/mol. The van der Waals surface area contributed by atoms with Crippen LogP contribution in [0, 0.1) is 5.92 Å². The fourth-order valence-electron chi connectivity index (χ4n) is 3.17. The van der Waals surface area contributed by atoms with Gasteiger partial charge in [-0.1, -0.05) is 18.2 Å². The molecule has 0 heterocycles. The van der Waals surface area contributed by atoms with Crippen molar-refractivity contribution in [3.8, 4) is 5.75 Å². The van der Waals surface area contributed by atoms with Crippen LogP contribution in [-0.2, 0) is 11.2 Å². The van der Waals surface area contributed by atoms with Gasteiger partial charge in [-0.05, 0) is 50.7 Å². The number of carbonyl (C=O) groups is 1. The zero-order valence-corrected chi connectivity index (χ0v) is 12.8. The molecule has 0 bridgehead atoms. The van der Waals surface area contributed by atoms with Crippen molar-refractivity contribution < 1.29 is 14.6 Å². The van der Waals surface area contributed by atoms with E-state index in [1.165, 1.54) is 5.56 Å². The van der Waals surface area contributed by atoms with Gasteiger partial charge in [0.25, 0.3) is 0 Å². The predicted octanol–water partition coefficient (Wildman–Crippen LogP) is 2.86. The molecule has 1 atom stereocenters. The van der Waals surface area contributed by atoms with Gasteiger partial charge in [0.2, 0.25) is 0 Å². The van der Waals surface area contributed by atoms with E-state index in [0.717, 1.165) is 37.9 Å². The third-order valence-corrected chi connectivity index (χ3v) is 4.32. The summed E-state index contributed by atoms with van der Waals surface area (Å²) in [6, 6.07) is 8.88. The van der Waals surface area contributed by atoms with E-state index >= 15 is 0 Å². The molecule has 116 valence electrons. The largest absolute Gasteiger partial charge is 0.496 e. The molecule has 4 heteroatoms. The lowest BCUT2D eigenvalue weighted by atomic mass is 9.85. The van der Waals surface area contributed by atoms with Gasteiger partial charge in [0.05, 0.1) is 13.0 Å². The van der Waals surface area contributed by atoms with Crippen LogP contribution < -0.4 is 10.1 Å². The number of para-hydroxylation sites is 1. The fraction of sp³-hybridized carbons (Fsp3) is 0.588. The van der Waals surface area contributed by atoms with Crippen LogP contribution in [0.3, 0.4) is 0 Å². The highest BCUT2D eigenvalue weighted by Gasteiger charge is 2.26. The van der Waals surface area contributed by atoms with Crippen LogP contribution in [0.2, 0.25) is 0 Å². The van der Waals surface area contributed by atoms with E-state index in [9.17, 15) is 4.79 Å². The SMILES string of the molecule is COc1ccccc1CC(C)NC1CCC(C(=O)O)CC1. The molecule has 21 heavy (non-hydrogen) atoms. The van der Waals surface area contributed by atoms with Crippen molar-refractivity contribution >= 4 is 5.97 Å². The first kappa shape index (κ1) is 15.8. The summed E-state index contributed by atoms with van der Waals surface area (Å²) in [5.41, 5.74) is 1.21. The minimum Gasteiger partial charge on any atom is -0.496 e. The zero-order chi connectivity index (χ0) is 15.2. The van der Waals surface area contributed by atoms with E-state index in [4.69, 9.17) is 9.84 Å². The summed E-state index contributed by atoms with van der Waals surface area (Å²) >= 11 is 0. The van der Waals surface area contributed by atoms with Crippen molar-refractivity contribution in [3.05, 3.63) is 29.8 Å². The summed E-state index contributed by atoms with van der Waals surface area (Å²) in [6.07, 6.45) is 4.39. The van der Waals surface area contributed by atoms with Gasteiger partial charge in [-0.25, -0.2) is 0 Å². The van der Waals surface area contributed by atoms with Gasteiger partial charge in [0, 0.05) is 12.1 Å². The fourth-order valence-corrected chi connectivity index (χ4v) is 3.17.